The molecule has 5 nitrogen and oxygen atoms in total. The molecule has 0 aliphatic heterocycles. The Morgan fingerprint density at radius 3 is 2.86 bits per heavy atom. The quantitative estimate of drug-likeness (QED) is 0.858. The molecule has 1 amide bonds. The van der Waals surface area contributed by atoms with E-state index in [-0.39, 0.29) is 11.9 Å². The zero-order valence-corrected chi connectivity index (χ0v) is 12.5. The number of anilines is 1. The molecule has 112 valence electrons. The number of benzene rings is 1. The van der Waals surface area contributed by atoms with Crippen molar-refractivity contribution in [3.63, 3.8) is 0 Å². The zero-order chi connectivity index (χ0) is 15.2. The van der Waals surface area contributed by atoms with Gasteiger partial charge in [-0.05, 0) is 43.7 Å². The summed E-state index contributed by atoms with van der Waals surface area (Å²) in [5, 5.41) is 5.99. The van der Waals surface area contributed by atoms with Crippen LogP contribution in [0.3, 0.4) is 0 Å². The first-order valence-electron chi connectivity index (χ1n) is 6.81. The summed E-state index contributed by atoms with van der Waals surface area (Å²) >= 11 is 0. The maximum absolute atomic E-state index is 12.1. The molecule has 21 heavy (non-hydrogen) atoms. The van der Waals surface area contributed by atoms with E-state index in [1.807, 2.05) is 31.2 Å². The van der Waals surface area contributed by atoms with Gasteiger partial charge < -0.3 is 19.8 Å². The molecule has 2 rings (SSSR count). The van der Waals surface area contributed by atoms with E-state index in [1.54, 1.807) is 26.4 Å². The van der Waals surface area contributed by atoms with Crippen molar-refractivity contribution >= 4 is 11.6 Å². The molecule has 0 saturated carbocycles. The highest BCUT2D eigenvalue weighted by Crippen LogP contribution is 2.25. The molecular weight excluding hydrogens is 268 g/mol. The Hall–Kier alpha value is -2.43. The summed E-state index contributed by atoms with van der Waals surface area (Å²) < 4.78 is 10.5. The number of nitrogens with one attached hydrogen (secondary N) is 2. The molecule has 0 spiro atoms. The molecule has 0 aliphatic rings. The van der Waals surface area contributed by atoms with Crippen LogP contribution in [0.2, 0.25) is 0 Å². The van der Waals surface area contributed by atoms with Crippen molar-refractivity contribution in [3.05, 3.63) is 47.9 Å². The van der Waals surface area contributed by atoms with Crippen LogP contribution in [0.25, 0.3) is 0 Å². The van der Waals surface area contributed by atoms with Gasteiger partial charge in [-0.3, -0.25) is 4.79 Å². The van der Waals surface area contributed by atoms with Crippen LogP contribution in [0.15, 0.2) is 41.0 Å². The largest absolute Gasteiger partial charge is 0.495 e. The standard InChI is InChI=1S/C16H20N2O3/c1-11-6-7-15(20-3)14(9-11)18-12(2)16(19)17-10-13-5-4-8-21-13/h4-9,12,18H,10H2,1-3H3,(H,17,19). The van der Waals surface area contributed by atoms with Gasteiger partial charge in [0.2, 0.25) is 5.91 Å². The lowest BCUT2D eigenvalue weighted by Crippen LogP contribution is -2.37. The van der Waals surface area contributed by atoms with Crippen LogP contribution in [0, 0.1) is 6.92 Å². The molecule has 1 heterocycles. The number of furan rings is 1. The highest BCUT2D eigenvalue weighted by Gasteiger charge is 2.14. The monoisotopic (exact) mass is 288 g/mol. The summed E-state index contributed by atoms with van der Waals surface area (Å²) in [5.74, 6) is 1.34. The Balaban J connectivity index is 1.95. The minimum Gasteiger partial charge on any atom is -0.495 e. The van der Waals surface area contributed by atoms with E-state index in [2.05, 4.69) is 10.6 Å². The van der Waals surface area contributed by atoms with Gasteiger partial charge in [-0.2, -0.15) is 0 Å². The van der Waals surface area contributed by atoms with Gasteiger partial charge in [-0.1, -0.05) is 6.07 Å². The predicted octanol–water partition coefficient (Wildman–Crippen LogP) is 2.71. The lowest BCUT2D eigenvalue weighted by Gasteiger charge is -2.17. The zero-order valence-electron chi connectivity index (χ0n) is 12.5. The molecule has 2 aromatic rings. The van der Waals surface area contributed by atoms with E-state index in [4.69, 9.17) is 9.15 Å². The number of aryl methyl sites for hydroxylation is 1. The Morgan fingerprint density at radius 2 is 2.19 bits per heavy atom. The summed E-state index contributed by atoms with van der Waals surface area (Å²) in [6.45, 7) is 4.17. The van der Waals surface area contributed by atoms with E-state index in [1.165, 1.54) is 0 Å². The molecule has 1 unspecified atom stereocenters. The second kappa shape index (κ2) is 6.83. The fourth-order valence-corrected chi connectivity index (χ4v) is 1.97. The molecular formula is C16H20N2O3. The molecule has 0 saturated heterocycles. The Morgan fingerprint density at radius 1 is 1.38 bits per heavy atom. The number of methoxy groups -OCH3 is 1. The Labute approximate surface area is 124 Å². The van der Waals surface area contributed by atoms with Crippen molar-refractivity contribution in [2.75, 3.05) is 12.4 Å². The number of carbonyl (C=O) groups is 1. The predicted molar refractivity (Wildman–Crippen MR) is 81.4 cm³/mol. The lowest BCUT2D eigenvalue weighted by molar-refractivity contribution is -0.121. The molecule has 2 N–H and O–H groups in total. The first-order valence-corrected chi connectivity index (χ1v) is 6.81. The van der Waals surface area contributed by atoms with Crippen molar-refractivity contribution in [3.8, 4) is 5.75 Å². The van der Waals surface area contributed by atoms with Gasteiger partial charge in [0, 0.05) is 0 Å². The average Bonchev–Trinajstić information content (AvgIpc) is 2.98. The van der Waals surface area contributed by atoms with E-state index in [9.17, 15) is 4.79 Å². The van der Waals surface area contributed by atoms with Crippen LogP contribution in [0.1, 0.15) is 18.2 Å². The topological polar surface area (TPSA) is 63.5 Å². The van der Waals surface area contributed by atoms with Crippen LogP contribution in [0.4, 0.5) is 5.69 Å². The summed E-state index contributed by atoms with van der Waals surface area (Å²) in [6, 6.07) is 9.03. The first kappa shape index (κ1) is 15.0. The first-order chi connectivity index (χ1) is 10.1. The van der Waals surface area contributed by atoms with E-state index < -0.39 is 0 Å². The maximum Gasteiger partial charge on any atom is 0.242 e. The fourth-order valence-electron chi connectivity index (χ4n) is 1.97. The summed E-state index contributed by atoms with van der Waals surface area (Å²) in [7, 11) is 1.61. The molecule has 1 atom stereocenters. The molecule has 0 bridgehead atoms. The summed E-state index contributed by atoms with van der Waals surface area (Å²) in [6.07, 6.45) is 1.58. The van der Waals surface area contributed by atoms with Gasteiger partial charge in [-0.15, -0.1) is 0 Å². The van der Waals surface area contributed by atoms with Crippen LogP contribution >= 0.6 is 0 Å². The van der Waals surface area contributed by atoms with E-state index >= 15 is 0 Å². The van der Waals surface area contributed by atoms with Crippen molar-refractivity contribution in [1.82, 2.24) is 5.32 Å². The lowest BCUT2D eigenvalue weighted by atomic mass is 10.2. The third kappa shape index (κ3) is 4.02. The van der Waals surface area contributed by atoms with Crippen LogP contribution in [-0.4, -0.2) is 19.1 Å². The third-order valence-electron chi connectivity index (χ3n) is 3.14. The van der Waals surface area contributed by atoms with Crippen molar-refractivity contribution in [2.45, 2.75) is 26.4 Å². The number of ether oxygens (including phenoxy) is 1. The molecule has 0 radical (unpaired) electrons. The Kier molecular flexibility index (Phi) is 4.87. The number of hydrogen-bond donors (Lipinski definition) is 2. The third-order valence-corrected chi connectivity index (χ3v) is 3.14. The molecule has 1 aromatic carbocycles. The molecule has 5 heteroatoms. The minimum atomic E-state index is -0.379. The van der Waals surface area contributed by atoms with Gasteiger partial charge in [0.1, 0.15) is 17.6 Å². The van der Waals surface area contributed by atoms with Gasteiger partial charge >= 0.3 is 0 Å². The minimum absolute atomic E-state index is 0.102. The second-order valence-corrected chi connectivity index (χ2v) is 4.87. The highest BCUT2D eigenvalue weighted by atomic mass is 16.5. The van der Waals surface area contributed by atoms with Crippen LogP contribution in [0.5, 0.6) is 5.75 Å². The van der Waals surface area contributed by atoms with E-state index in [0.717, 1.165) is 17.0 Å². The summed E-state index contributed by atoms with van der Waals surface area (Å²) in [5.41, 5.74) is 1.90. The fraction of sp³-hybridized carbons (Fsp3) is 0.312. The highest BCUT2D eigenvalue weighted by molar-refractivity contribution is 5.84. The maximum atomic E-state index is 12.1. The van der Waals surface area contributed by atoms with Crippen LogP contribution in [-0.2, 0) is 11.3 Å². The number of amides is 1. The van der Waals surface area contributed by atoms with Gasteiger partial charge in [0.05, 0.1) is 25.6 Å². The van der Waals surface area contributed by atoms with Gasteiger partial charge in [-0.25, -0.2) is 0 Å². The molecule has 1 aromatic heterocycles. The molecule has 0 aliphatic carbocycles. The average molecular weight is 288 g/mol. The number of hydrogen-bond acceptors (Lipinski definition) is 4. The number of carbonyl (C=O) groups excluding carboxylic acids is 1. The normalized spacial score (nSPS) is 11.8. The SMILES string of the molecule is COc1ccc(C)cc1NC(C)C(=O)NCc1ccco1. The van der Waals surface area contributed by atoms with Crippen molar-refractivity contribution in [2.24, 2.45) is 0 Å². The van der Waals surface area contributed by atoms with Crippen molar-refractivity contribution in [1.29, 1.82) is 0 Å². The van der Waals surface area contributed by atoms with E-state index in [0.29, 0.717) is 12.3 Å². The van der Waals surface area contributed by atoms with Gasteiger partial charge in [0.15, 0.2) is 0 Å². The second-order valence-electron chi connectivity index (χ2n) is 4.87. The van der Waals surface area contributed by atoms with Crippen molar-refractivity contribution < 1.29 is 13.9 Å². The summed E-state index contributed by atoms with van der Waals surface area (Å²) in [4.78, 5) is 12.1. The molecule has 0 fully saturated rings. The Bertz CT molecular complexity index is 594. The number of rotatable bonds is 6. The van der Waals surface area contributed by atoms with Gasteiger partial charge in [0.25, 0.3) is 0 Å². The smallest absolute Gasteiger partial charge is 0.242 e. The van der Waals surface area contributed by atoms with Crippen LogP contribution < -0.4 is 15.4 Å².